The number of hydrogen-bond acceptors (Lipinski definition) is 10. The van der Waals surface area contributed by atoms with E-state index in [0.717, 1.165) is 43.5 Å². The van der Waals surface area contributed by atoms with Crippen LogP contribution in [0.4, 0.5) is 17.2 Å². The first-order chi connectivity index (χ1) is 13.0. The van der Waals surface area contributed by atoms with E-state index >= 15 is 0 Å². The van der Waals surface area contributed by atoms with E-state index in [4.69, 9.17) is 0 Å². The molecule has 0 amide bonds. The molecule has 0 radical (unpaired) electrons. The fraction of sp³-hybridized carbons (Fsp3) is 0.643. The second-order valence-corrected chi connectivity index (χ2v) is 7.58. The molecule has 1 saturated heterocycles. The SMILES string of the molecule is COS(=O)(=O)[O-].C[N+]1(CCNc2ncc([N+](=O)[O-])cc2[N+](=O)[O-])CCCCC1. The van der Waals surface area contributed by atoms with E-state index in [1.807, 2.05) is 0 Å². The van der Waals surface area contributed by atoms with Crippen molar-refractivity contribution in [3.8, 4) is 0 Å². The molecule has 0 aliphatic carbocycles. The van der Waals surface area contributed by atoms with Crippen molar-refractivity contribution in [1.82, 2.24) is 4.98 Å². The zero-order valence-corrected chi connectivity index (χ0v) is 16.4. The van der Waals surface area contributed by atoms with Gasteiger partial charge in [0.1, 0.15) is 6.20 Å². The summed E-state index contributed by atoms with van der Waals surface area (Å²) in [5.41, 5.74) is -0.747. The summed E-state index contributed by atoms with van der Waals surface area (Å²) in [5.74, 6) is 0.0826. The molecule has 1 aliphatic rings. The van der Waals surface area contributed by atoms with Gasteiger partial charge >= 0.3 is 5.69 Å². The van der Waals surface area contributed by atoms with Crippen molar-refractivity contribution in [2.24, 2.45) is 0 Å². The third kappa shape index (κ3) is 8.08. The minimum Gasteiger partial charge on any atom is -0.726 e. The summed E-state index contributed by atoms with van der Waals surface area (Å²) in [7, 11) is -1.43. The first kappa shape index (κ1) is 23.6. The van der Waals surface area contributed by atoms with Crippen molar-refractivity contribution in [1.29, 1.82) is 0 Å². The van der Waals surface area contributed by atoms with Crippen molar-refractivity contribution in [2.45, 2.75) is 19.3 Å². The molecule has 0 bridgehead atoms. The van der Waals surface area contributed by atoms with E-state index in [1.165, 1.54) is 19.3 Å². The maximum absolute atomic E-state index is 11.0. The van der Waals surface area contributed by atoms with Crippen LogP contribution in [-0.2, 0) is 14.6 Å². The minimum atomic E-state index is -4.41. The number of hydrogen-bond donors (Lipinski definition) is 1. The van der Waals surface area contributed by atoms with Gasteiger partial charge in [-0.3, -0.25) is 24.4 Å². The van der Waals surface area contributed by atoms with Gasteiger partial charge in [0.05, 0.1) is 56.2 Å². The zero-order valence-electron chi connectivity index (χ0n) is 15.6. The summed E-state index contributed by atoms with van der Waals surface area (Å²) in [6.45, 7) is 3.60. The Bertz CT molecular complexity index is 795. The fourth-order valence-electron chi connectivity index (χ4n) is 2.76. The molecule has 28 heavy (non-hydrogen) atoms. The van der Waals surface area contributed by atoms with Gasteiger partial charge in [-0.2, -0.15) is 0 Å². The molecule has 2 rings (SSSR count). The largest absolute Gasteiger partial charge is 0.726 e. The number of quaternary nitrogens is 1. The summed E-state index contributed by atoms with van der Waals surface area (Å²) in [6, 6.07) is 0.937. The topological polar surface area (TPSA) is 178 Å². The third-order valence-corrected chi connectivity index (χ3v) is 4.71. The number of nitrogens with one attached hydrogen (secondary N) is 1. The summed E-state index contributed by atoms with van der Waals surface area (Å²) in [4.78, 5) is 24.2. The predicted octanol–water partition coefficient (Wildman–Crippen LogP) is 1.03. The van der Waals surface area contributed by atoms with Crippen LogP contribution in [0.3, 0.4) is 0 Å². The first-order valence-corrected chi connectivity index (χ1v) is 9.68. The number of likely N-dealkylation sites (N-methyl/N-ethyl adjacent to an activating group) is 1. The molecule has 1 aliphatic heterocycles. The summed E-state index contributed by atoms with van der Waals surface area (Å²) < 4.78 is 32.0. The Morgan fingerprint density at radius 2 is 1.79 bits per heavy atom. The highest BCUT2D eigenvalue weighted by Gasteiger charge is 2.25. The highest BCUT2D eigenvalue weighted by molar-refractivity contribution is 7.80. The fourth-order valence-corrected chi connectivity index (χ4v) is 2.76. The van der Waals surface area contributed by atoms with E-state index in [1.54, 1.807) is 0 Å². The van der Waals surface area contributed by atoms with Crippen LogP contribution in [-0.4, -0.2) is 72.6 Å². The molecule has 1 aromatic heterocycles. The Balaban J connectivity index is 0.000000568. The molecule has 1 N–H and O–H groups in total. The van der Waals surface area contributed by atoms with Crippen molar-refractivity contribution in [3.63, 3.8) is 0 Å². The second-order valence-electron chi connectivity index (χ2n) is 6.43. The lowest BCUT2D eigenvalue weighted by atomic mass is 10.1. The van der Waals surface area contributed by atoms with E-state index in [-0.39, 0.29) is 17.2 Å². The molecule has 0 saturated carbocycles. The number of nitrogens with zero attached hydrogens (tertiary/aromatic N) is 4. The molecule has 13 nitrogen and oxygen atoms in total. The molecule has 0 aromatic carbocycles. The van der Waals surface area contributed by atoms with Crippen LogP contribution in [0.15, 0.2) is 12.3 Å². The molecule has 1 fully saturated rings. The number of piperidine rings is 1. The molecular formula is C14H23N5O8S. The molecule has 1 aromatic rings. The number of nitro groups is 2. The van der Waals surface area contributed by atoms with Gasteiger partial charge in [-0.1, -0.05) is 0 Å². The van der Waals surface area contributed by atoms with Gasteiger partial charge in [0.25, 0.3) is 5.69 Å². The van der Waals surface area contributed by atoms with Crippen LogP contribution in [0.2, 0.25) is 0 Å². The molecule has 0 unspecified atom stereocenters. The van der Waals surface area contributed by atoms with Crippen LogP contribution < -0.4 is 5.32 Å². The van der Waals surface area contributed by atoms with Gasteiger partial charge in [-0.15, -0.1) is 0 Å². The van der Waals surface area contributed by atoms with E-state index in [2.05, 4.69) is 21.5 Å². The number of likely N-dealkylation sites (tertiary alicyclic amines) is 1. The monoisotopic (exact) mass is 421 g/mol. The van der Waals surface area contributed by atoms with Gasteiger partial charge in [0.15, 0.2) is 0 Å². The van der Waals surface area contributed by atoms with Crippen LogP contribution in [0.1, 0.15) is 19.3 Å². The van der Waals surface area contributed by atoms with Crippen LogP contribution >= 0.6 is 0 Å². The Labute approximate surface area is 162 Å². The van der Waals surface area contributed by atoms with Crippen LogP contribution in [0, 0.1) is 20.2 Å². The Morgan fingerprint density at radius 1 is 1.21 bits per heavy atom. The lowest BCUT2D eigenvalue weighted by Crippen LogP contribution is -2.50. The Hall–Kier alpha value is -2.42. The van der Waals surface area contributed by atoms with Crippen LogP contribution in [0.5, 0.6) is 0 Å². The summed E-state index contributed by atoms with van der Waals surface area (Å²) >= 11 is 0. The van der Waals surface area contributed by atoms with Crippen LogP contribution in [0.25, 0.3) is 0 Å². The van der Waals surface area contributed by atoms with Crippen molar-refractivity contribution >= 4 is 27.6 Å². The molecule has 158 valence electrons. The standard InChI is InChI=1S/C13H20N5O4.CH4O4S/c1-18(6-3-2-4-7-18)8-5-14-13-12(17(21)22)9-11(10-15-13)16(19)20;1-5-6(2,3)4/h9-10H,2-8H2,1H3,(H,14,15);1H3,(H,2,3,4)/q+1;/p-1. The zero-order chi connectivity index (χ0) is 21.4. The first-order valence-electron chi connectivity index (χ1n) is 8.35. The normalized spacial score (nSPS) is 15.8. The smallest absolute Gasteiger partial charge is 0.318 e. The van der Waals surface area contributed by atoms with Crippen molar-refractivity contribution in [3.05, 3.63) is 32.5 Å². The molecular weight excluding hydrogens is 398 g/mol. The van der Waals surface area contributed by atoms with Gasteiger partial charge < -0.3 is 14.4 Å². The second kappa shape index (κ2) is 10.2. The van der Waals surface area contributed by atoms with E-state index < -0.39 is 20.2 Å². The number of aromatic nitrogens is 1. The summed E-state index contributed by atoms with van der Waals surface area (Å²) in [5, 5.41) is 24.6. The lowest BCUT2D eigenvalue weighted by molar-refractivity contribution is -0.912. The maximum atomic E-state index is 11.0. The molecule has 0 spiro atoms. The highest BCUT2D eigenvalue weighted by Crippen LogP contribution is 2.26. The highest BCUT2D eigenvalue weighted by atomic mass is 32.3. The van der Waals surface area contributed by atoms with Gasteiger partial charge in [-0.05, 0) is 19.3 Å². The number of anilines is 1. The average molecular weight is 421 g/mol. The summed E-state index contributed by atoms with van der Waals surface area (Å²) in [6.07, 6.45) is 4.70. The minimum absolute atomic E-state index is 0.0826. The quantitative estimate of drug-likeness (QED) is 0.220. The third-order valence-electron chi connectivity index (χ3n) is 4.30. The number of rotatable bonds is 7. The van der Waals surface area contributed by atoms with Gasteiger partial charge in [0.2, 0.25) is 16.2 Å². The van der Waals surface area contributed by atoms with Crippen molar-refractivity contribution < 1.29 is 31.5 Å². The maximum Gasteiger partial charge on any atom is 0.318 e. The molecule has 0 atom stereocenters. The molecule has 2 heterocycles. The predicted molar refractivity (Wildman–Crippen MR) is 97.4 cm³/mol. The molecule has 14 heteroatoms. The van der Waals surface area contributed by atoms with Crippen molar-refractivity contribution in [2.75, 3.05) is 45.7 Å². The Morgan fingerprint density at radius 3 is 2.25 bits per heavy atom. The van der Waals surface area contributed by atoms with E-state index in [9.17, 15) is 33.2 Å². The lowest BCUT2D eigenvalue weighted by Gasteiger charge is -2.37. The van der Waals surface area contributed by atoms with Gasteiger partial charge in [0, 0.05) is 0 Å². The Kier molecular flexibility index (Phi) is 8.62. The van der Waals surface area contributed by atoms with Gasteiger partial charge in [-0.25, -0.2) is 13.4 Å². The van der Waals surface area contributed by atoms with E-state index in [0.29, 0.717) is 6.54 Å². The average Bonchev–Trinajstić information content (AvgIpc) is 2.62. The number of pyridine rings is 1.